The first-order valence-corrected chi connectivity index (χ1v) is 17.4. The lowest BCUT2D eigenvalue weighted by Gasteiger charge is -2.31. The fourth-order valence-corrected chi connectivity index (χ4v) is 9.69. The van der Waals surface area contributed by atoms with E-state index in [1.165, 1.54) is 0 Å². The molecule has 2 aromatic carbocycles. The molecule has 0 unspecified atom stereocenters. The lowest BCUT2D eigenvalue weighted by atomic mass is 9.82. The van der Waals surface area contributed by atoms with Crippen molar-refractivity contribution in [3.8, 4) is 5.75 Å². The number of anilines is 2. The molecule has 3 aliphatic rings. The van der Waals surface area contributed by atoms with Crippen molar-refractivity contribution in [3.63, 3.8) is 0 Å². The number of aliphatic hydroxyl groups excluding tert-OH is 1. The van der Waals surface area contributed by atoms with Crippen molar-refractivity contribution < 1.29 is 28.3 Å². The fraction of sp³-hybridized carbons (Fsp3) is 0.548. The molecule has 7 nitrogen and oxygen atoms in total. The summed E-state index contributed by atoms with van der Waals surface area (Å²) in [5.41, 5.74) is 1.33. The normalized spacial score (nSPS) is 27.2. The minimum Gasteiger partial charge on any atom is -0.497 e. The Balaban J connectivity index is 1.53. The van der Waals surface area contributed by atoms with E-state index < -0.39 is 31.6 Å². The van der Waals surface area contributed by atoms with Crippen molar-refractivity contribution in [2.24, 2.45) is 5.92 Å². The summed E-state index contributed by atoms with van der Waals surface area (Å²) in [6, 6.07) is 13.4. The van der Waals surface area contributed by atoms with Gasteiger partial charge in [0.15, 0.2) is 5.60 Å². The van der Waals surface area contributed by atoms with Crippen LogP contribution < -0.4 is 14.5 Å². The molecule has 0 bridgehead atoms. The van der Waals surface area contributed by atoms with Gasteiger partial charge in [-0.1, -0.05) is 31.9 Å². The van der Waals surface area contributed by atoms with Crippen molar-refractivity contribution in [3.05, 3.63) is 53.6 Å². The summed E-state index contributed by atoms with van der Waals surface area (Å²) in [6.45, 7) is 6.06. The lowest BCUT2D eigenvalue weighted by Crippen LogP contribution is -2.45. The number of aliphatic hydroxyl groups is 1. The zero-order valence-electron chi connectivity index (χ0n) is 24.0. The molecule has 40 heavy (non-hydrogen) atoms. The number of hydrogen-bond donors (Lipinski definition) is 1. The highest BCUT2D eigenvalue weighted by Crippen LogP contribution is 2.60. The predicted octanol–water partition coefficient (Wildman–Crippen LogP) is 5.70. The van der Waals surface area contributed by atoms with Gasteiger partial charge in [-0.2, -0.15) is 0 Å². The second kappa shape index (κ2) is 11.3. The van der Waals surface area contributed by atoms with Crippen molar-refractivity contribution in [1.29, 1.82) is 0 Å². The molecular weight excluding hydrogens is 527 g/mol. The molecule has 0 saturated carbocycles. The lowest BCUT2D eigenvalue weighted by molar-refractivity contribution is -0.146. The third-order valence-electron chi connectivity index (χ3n) is 8.97. The number of carbonyl (C=O) groups is 2. The van der Waals surface area contributed by atoms with Crippen LogP contribution in [0.2, 0.25) is 18.6 Å². The molecule has 5 rings (SSSR count). The van der Waals surface area contributed by atoms with Crippen molar-refractivity contribution in [2.45, 2.75) is 82.3 Å². The van der Waals surface area contributed by atoms with Crippen molar-refractivity contribution >= 4 is 31.6 Å². The standard InChI is InChI=1S/C31H41FN2O5Si/c1-21-29(40(3,4)32)27(15-17-35)39-31(21)25-19-24(38-2)13-14-26(25)34(30(31)37)20-22-10-9-11-23(18-22)33-16-8-6-5-7-12-28(33)36/h9-11,13-14,18-19,21,27,29,35H,5-8,12,15-17,20H2,1-4H3/t21-,27+,29-,31+/m1/s1. The Hall–Kier alpha value is -2.75. The highest BCUT2D eigenvalue weighted by Gasteiger charge is 2.66. The number of nitrogens with zero attached hydrogens (tertiary/aromatic N) is 2. The minimum atomic E-state index is -3.27. The molecule has 2 amide bonds. The van der Waals surface area contributed by atoms with Crippen LogP contribution in [-0.2, 0) is 26.5 Å². The number of halogens is 1. The zero-order chi connectivity index (χ0) is 28.7. The summed E-state index contributed by atoms with van der Waals surface area (Å²) in [4.78, 5) is 31.0. The van der Waals surface area contributed by atoms with Crippen LogP contribution in [0, 0.1) is 5.92 Å². The third kappa shape index (κ3) is 4.97. The monoisotopic (exact) mass is 568 g/mol. The smallest absolute Gasteiger partial charge is 0.264 e. The van der Waals surface area contributed by atoms with E-state index in [0.717, 1.165) is 36.9 Å². The summed E-state index contributed by atoms with van der Waals surface area (Å²) in [5, 5.41) is 9.77. The second-order valence-electron chi connectivity index (χ2n) is 11.9. The van der Waals surface area contributed by atoms with E-state index in [1.54, 1.807) is 25.1 Å². The number of benzene rings is 2. The van der Waals surface area contributed by atoms with Gasteiger partial charge in [-0.3, -0.25) is 9.59 Å². The first-order valence-electron chi connectivity index (χ1n) is 14.5. The molecule has 2 aromatic rings. The molecule has 0 aromatic heterocycles. The van der Waals surface area contributed by atoms with Gasteiger partial charge in [0.05, 0.1) is 25.4 Å². The van der Waals surface area contributed by atoms with Gasteiger partial charge in [0, 0.05) is 42.3 Å². The summed E-state index contributed by atoms with van der Waals surface area (Å²) < 4.78 is 27.9. The number of hydrogen-bond acceptors (Lipinski definition) is 5. The molecule has 9 heteroatoms. The maximum Gasteiger partial charge on any atom is 0.264 e. The number of rotatable bonds is 7. The van der Waals surface area contributed by atoms with Gasteiger partial charge in [0.1, 0.15) is 5.75 Å². The summed E-state index contributed by atoms with van der Waals surface area (Å²) in [5.74, 6) is 0.0847. The Labute approximate surface area is 237 Å². The molecule has 3 heterocycles. The zero-order valence-corrected chi connectivity index (χ0v) is 25.0. The van der Waals surface area contributed by atoms with Crippen LogP contribution in [0.15, 0.2) is 42.5 Å². The second-order valence-corrected chi connectivity index (χ2v) is 15.7. The van der Waals surface area contributed by atoms with Crippen LogP contribution in [0.5, 0.6) is 5.75 Å². The highest BCUT2D eigenvalue weighted by molar-refractivity contribution is 6.72. The molecule has 0 aliphatic carbocycles. The van der Waals surface area contributed by atoms with E-state index in [0.29, 0.717) is 30.0 Å². The Morgan fingerprint density at radius 3 is 2.62 bits per heavy atom. The average molecular weight is 569 g/mol. The van der Waals surface area contributed by atoms with Crippen LogP contribution in [-0.4, -0.2) is 51.7 Å². The number of ether oxygens (including phenoxy) is 2. The maximum atomic E-state index is 15.7. The van der Waals surface area contributed by atoms with Gasteiger partial charge >= 0.3 is 0 Å². The largest absolute Gasteiger partial charge is 0.497 e. The van der Waals surface area contributed by atoms with Gasteiger partial charge in [-0.05, 0) is 68.3 Å². The Kier molecular flexibility index (Phi) is 8.10. The van der Waals surface area contributed by atoms with E-state index in [9.17, 15) is 14.7 Å². The van der Waals surface area contributed by atoms with Crippen LogP contribution in [0.25, 0.3) is 0 Å². The summed E-state index contributed by atoms with van der Waals surface area (Å²) in [7, 11) is -1.69. The van der Waals surface area contributed by atoms with E-state index >= 15 is 4.11 Å². The van der Waals surface area contributed by atoms with Crippen LogP contribution in [0.1, 0.15) is 56.6 Å². The molecule has 0 radical (unpaired) electrons. The molecule has 2 saturated heterocycles. The first-order chi connectivity index (χ1) is 19.1. The topological polar surface area (TPSA) is 79.3 Å². The predicted molar refractivity (Wildman–Crippen MR) is 156 cm³/mol. The van der Waals surface area contributed by atoms with Gasteiger partial charge in [-0.15, -0.1) is 0 Å². The quantitative estimate of drug-likeness (QED) is 0.343. The summed E-state index contributed by atoms with van der Waals surface area (Å²) >= 11 is 0. The Morgan fingerprint density at radius 2 is 1.90 bits per heavy atom. The molecular formula is C31H41FN2O5Si. The molecule has 216 valence electrons. The van der Waals surface area contributed by atoms with Crippen LogP contribution in [0.4, 0.5) is 15.5 Å². The van der Waals surface area contributed by atoms with Crippen LogP contribution in [0.3, 0.4) is 0 Å². The molecule has 3 aliphatic heterocycles. The first kappa shape index (κ1) is 28.8. The molecule has 1 spiro atoms. The molecule has 2 fully saturated rings. The van der Waals surface area contributed by atoms with Gasteiger partial charge < -0.3 is 28.5 Å². The van der Waals surface area contributed by atoms with Crippen molar-refractivity contribution in [2.75, 3.05) is 30.1 Å². The highest BCUT2D eigenvalue weighted by atomic mass is 28.4. The summed E-state index contributed by atoms with van der Waals surface area (Å²) in [6.07, 6.45) is 4.35. The average Bonchev–Trinajstić information content (AvgIpc) is 3.33. The van der Waals surface area contributed by atoms with Gasteiger partial charge in [0.2, 0.25) is 14.3 Å². The SMILES string of the molecule is COc1ccc2c(c1)[C@]1(O[C@@H](CCO)[C@H]([Si](C)(C)F)[C@H]1C)C(=O)N2Cc1cccc(N2CCCCCCC2=O)c1. The van der Waals surface area contributed by atoms with E-state index in [1.807, 2.05) is 54.3 Å². The minimum absolute atomic E-state index is 0.137. The van der Waals surface area contributed by atoms with E-state index in [2.05, 4.69) is 0 Å². The third-order valence-corrected chi connectivity index (χ3v) is 11.4. The Bertz CT molecular complexity index is 1270. The van der Waals surface area contributed by atoms with E-state index in [-0.39, 0.29) is 31.4 Å². The molecule has 1 N–H and O–H groups in total. The fourth-order valence-electron chi connectivity index (χ4n) is 7.15. The molecule has 4 atom stereocenters. The van der Waals surface area contributed by atoms with Gasteiger partial charge in [0.25, 0.3) is 5.91 Å². The number of carbonyl (C=O) groups excluding carboxylic acids is 2. The number of methoxy groups -OCH3 is 1. The van der Waals surface area contributed by atoms with Crippen molar-refractivity contribution in [1.82, 2.24) is 0 Å². The number of amides is 2. The number of fused-ring (bicyclic) bond motifs is 2. The Morgan fingerprint density at radius 1 is 1.12 bits per heavy atom. The van der Waals surface area contributed by atoms with E-state index in [4.69, 9.17) is 9.47 Å². The van der Waals surface area contributed by atoms with Crippen LogP contribution >= 0.6 is 0 Å². The van der Waals surface area contributed by atoms with Gasteiger partial charge in [-0.25, -0.2) is 0 Å². The maximum absolute atomic E-state index is 15.7.